The molecular formula is C17H14FIN6. The number of rotatable bonds is 2. The summed E-state index contributed by atoms with van der Waals surface area (Å²) in [6.45, 7) is 2.77. The smallest absolute Gasteiger partial charge is 0.215 e. The zero-order valence-corrected chi connectivity index (χ0v) is 15.6. The molecule has 1 atom stereocenters. The fourth-order valence-corrected chi connectivity index (χ4v) is 3.53. The first-order chi connectivity index (χ1) is 12.1. The van der Waals surface area contributed by atoms with Crippen molar-refractivity contribution in [1.29, 1.82) is 0 Å². The molecule has 6 nitrogen and oxygen atoms in total. The van der Waals surface area contributed by atoms with E-state index in [0.29, 0.717) is 24.0 Å². The maximum absolute atomic E-state index is 13.7. The van der Waals surface area contributed by atoms with Crippen molar-refractivity contribution in [2.75, 3.05) is 11.4 Å². The quantitative estimate of drug-likeness (QED) is 0.443. The Bertz CT molecular complexity index is 900. The number of hydrogen-bond donors (Lipinski definition) is 0. The van der Waals surface area contributed by atoms with Gasteiger partial charge in [-0.25, -0.2) is 24.9 Å². The van der Waals surface area contributed by atoms with Crippen molar-refractivity contribution < 1.29 is 4.39 Å². The van der Waals surface area contributed by atoms with E-state index in [1.165, 1.54) is 6.07 Å². The Morgan fingerprint density at radius 1 is 1.12 bits per heavy atom. The molecule has 0 aromatic carbocycles. The summed E-state index contributed by atoms with van der Waals surface area (Å²) in [5.41, 5.74) is 2.00. The second-order valence-electron chi connectivity index (χ2n) is 5.75. The van der Waals surface area contributed by atoms with Crippen LogP contribution in [0, 0.1) is 9.52 Å². The average Bonchev–Trinajstić information content (AvgIpc) is 2.61. The molecule has 1 unspecified atom stereocenters. The van der Waals surface area contributed by atoms with Crippen LogP contribution in [0.15, 0.2) is 36.8 Å². The second kappa shape index (κ2) is 6.58. The van der Waals surface area contributed by atoms with Gasteiger partial charge in [0.05, 0.1) is 11.7 Å². The van der Waals surface area contributed by atoms with Crippen LogP contribution in [0.5, 0.6) is 0 Å². The van der Waals surface area contributed by atoms with Crippen molar-refractivity contribution in [2.45, 2.75) is 19.4 Å². The molecule has 0 fully saturated rings. The summed E-state index contributed by atoms with van der Waals surface area (Å²) in [4.78, 5) is 23.6. The molecule has 0 saturated carbocycles. The molecule has 1 aliphatic heterocycles. The summed E-state index contributed by atoms with van der Waals surface area (Å²) in [6.07, 6.45) is 5.89. The van der Waals surface area contributed by atoms with Crippen molar-refractivity contribution in [3.8, 4) is 11.6 Å². The van der Waals surface area contributed by atoms with Gasteiger partial charge < -0.3 is 4.90 Å². The molecule has 1 aliphatic rings. The first kappa shape index (κ1) is 16.2. The standard InChI is InChI=1S/C17H14FIN6/c1-10-12-9-22-17(16-20-4-2-5-21-16)23-13(12)3-6-25(10)15-8-11(19)7-14(18)24-15/h2,4-5,7-10H,3,6H2,1H3. The zero-order valence-electron chi connectivity index (χ0n) is 13.4. The van der Waals surface area contributed by atoms with Crippen LogP contribution >= 0.6 is 22.6 Å². The van der Waals surface area contributed by atoms with Gasteiger partial charge in [0.15, 0.2) is 11.6 Å². The predicted molar refractivity (Wildman–Crippen MR) is 99.4 cm³/mol. The summed E-state index contributed by atoms with van der Waals surface area (Å²) in [5.74, 6) is 1.21. The van der Waals surface area contributed by atoms with E-state index < -0.39 is 5.95 Å². The number of anilines is 1. The molecule has 126 valence electrons. The third kappa shape index (κ3) is 3.17. The maximum Gasteiger partial charge on any atom is 0.215 e. The van der Waals surface area contributed by atoms with Gasteiger partial charge >= 0.3 is 0 Å². The Morgan fingerprint density at radius 3 is 2.68 bits per heavy atom. The summed E-state index contributed by atoms with van der Waals surface area (Å²) < 4.78 is 14.5. The number of hydrogen-bond acceptors (Lipinski definition) is 6. The van der Waals surface area contributed by atoms with E-state index in [9.17, 15) is 4.39 Å². The van der Waals surface area contributed by atoms with Gasteiger partial charge in [-0.3, -0.25) is 0 Å². The highest BCUT2D eigenvalue weighted by Crippen LogP contribution is 2.32. The summed E-state index contributed by atoms with van der Waals surface area (Å²) in [5, 5.41) is 0. The van der Waals surface area contributed by atoms with Crippen molar-refractivity contribution in [1.82, 2.24) is 24.9 Å². The van der Waals surface area contributed by atoms with E-state index in [4.69, 9.17) is 0 Å². The fraction of sp³-hybridized carbons (Fsp3) is 0.235. The molecule has 8 heteroatoms. The molecule has 25 heavy (non-hydrogen) atoms. The summed E-state index contributed by atoms with van der Waals surface area (Å²) >= 11 is 2.10. The van der Waals surface area contributed by atoms with Gasteiger partial charge in [-0.1, -0.05) is 0 Å². The maximum atomic E-state index is 13.7. The Labute approximate surface area is 157 Å². The van der Waals surface area contributed by atoms with Gasteiger partial charge in [-0.15, -0.1) is 0 Å². The molecule has 0 saturated heterocycles. The summed E-state index contributed by atoms with van der Waals surface area (Å²) in [7, 11) is 0. The Hall–Kier alpha value is -2.23. The molecule has 0 radical (unpaired) electrons. The first-order valence-corrected chi connectivity index (χ1v) is 8.92. The van der Waals surface area contributed by atoms with Gasteiger partial charge in [0, 0.05) is 46.8 Å². The number of aromatic nitrogens is 5. The first-order valence-electron chi connectivity index (χ1n) is 7.85. The van der Waals surface area contributed by atoms with Gasteiger partial charge in [0.25, 0.3) is 0 Å². The number of halogens is 2. The van der Waals surface area contributed by atoms with Gasteiger partial charge in [0.2, 0.25) is 5.95 Å². The van der Waals surface area contributed by atoms with E-state index in [1.807, 2.05) is 12.3 Å². The lowest BCUT2D eigenvalue weighted by Gasteiger charge is -2.35. The van der Waals surface area contributed by atoms with Crippen molar-refractivity contribution in [2.24, 2.45) is 0 Å². The molecule has 4 rings (SSSR count). The Kier molecular flexibility index (Phi) is 4.28. The number of nitrogens with zero attached hydrogens (tertiary/aromatic N) is 6. The third-order valence-electron chi connectivity index (χ3n) is 4.21. The van der Waals surface area contributed by atoms with Crippen LogP contribution < -0.4 is 4.90 Å². The van der Waals surface area contributed by atoms with Crippen LogP contribution in [-0.4, -0.2) is 31.5 Å². The fourth-order valence-electron chi connectivity index (χ4n) is 3.00. The van der Waals surface area contributed by atoms with Gasteiger partial charge in [0.1, 0.15) is 5.82 Å². The SMILES string of the molecule is CC1c2cnc(-c3ncccn3)nc2CCN1c1cc(I)cc(F)n1. The van der Waals surface area contributed by atoms with Crippen LogP contribution in [0.3, 0.4) is 0 Å². The van der Waals surface area contributed by atoms with Gasteiger partial charge in [-0.05, 0) is 41.6 Å². The highest BCUT2D eigenvalue weighted by molar-refractivity contribution is 14.1. The molecule has 0 amide bonds. The van der Waals surface area contributed by atoms with Crippen LogP contribution in [-0.2, 0) is 6.42 Å². The normalized spacial score (nSPS) is 16.6. The Balaban J connectivity index is 1.68. The lowest BCUT2D eigenvalue weighted by Crippen LogP contribution is -2.35. The average molecular weight is 448 g/mol. The largest absolute Gasteiger partial charge is 0.349 e. The predicted octanol–water partition coefficient (Wildman–Crippen LogP) is 3.20. The highest BCUT2D eigenvalue weighted by Gasteiger charge is 2.27. The topological polar surface area (TPSA) is 67.7 Å². The molecule has 3 aromatic heterocycles. The van der Waals surface area contributed by atoms with Crippen LogP contribution in [0.1, 0.15) is 24.2 Å². The molecule has 0 spiro atoms. The number of fused-ring (bicyclic) bond motifs is 1. The molecule has 0 N–H and O–H groups in total. The van der Waals surface area contributed by atoms with Crippen molar-refractivity contribution >= 4 is 28.4 Å². The lowest BCUT2D eigenvalue weighted by molar-refractivity contribution is 0.561. The van der Waals surface area contributed by atoms with E-state index in [2.05, 4.69) is 59.3 Å². The number of pyridine rings is 1. The van der Waals surface area contributed by atoms with Crippen molar-refractivity contribution in [3.63, 3.8) is 0 Å². The lowest BCUT2D eigenvalue weighted by atomic mass is 9.99. The van der Waals surface area contributed by atoms with E-state index >= 15 is 0 Å². The van der Waals surface area contributed by atoms with E-state index in [-0.39, 0.29) is 6.04 Å². The molecule has 0 bridgehead atoms. The van der Waals surface area contributed by atoms with E-state index in [1.54, 1.807) is 18.5 Å². The molecule has 4 heterocycles. The monoisotopic (exact) mass is 448 g/mol. The highest BCUT2D eigenvalue weighted by atomic mass is 127. The zero-order chi connectivity index (χ0) is 17.4. The molecule has 3 aromatic rings. The molecule has 0 aliphatic carbocycles. The van der Waals surface area contributed by atoms with Gasteiger partial charge in [-0.2, -0.15) is 4.39 Å². The Morgan fingerprint density at radius 2 is 1.92 bits per heavy atom. The van der Waals surface area contributed by atoms with Crippen LogP contribution in [0.2, 0.25) is 0 Å². The second-order valence-corrected chi connectivity index (χ2v) is 7.00. The van der Waals surface area contributed by atoms with Crippen LogP contribution in [0.25, 0.3) is 11.6 Å². The molecular weight excluding hydrogens is 434 g/mol. The summed E-state index contributed by atoms with van der Waals surface area (Å²) in [6, 6.07) is 5.08. The minimum atomic E-state index is -0.465. The minimum Gasteiger partial charge on any atom is -0.349 e. The van der Waals surface area contributed by atoms with Crippen molar-refractivity contribution in [3.05, 3.63) is 57.6 Å². The minimum absolute atomic E-state index is 0.0135. The third-order valence-corrected chi connectivity index (χ3v) is 4.84. The van der Waals surface area contributed by atoms with E-state index in [0.717, 1.165) is 21.2 Å². The van der Waals surface area contributed by atoms with Crippen LogP contribution in [0.4, 0.5) is 10.2 Å².